The number of guanidine groups is 1. The molecular formula is C18H27ClN4O3S. The van der Waals surface area contributed by atoms with Crippen molar-refractivity contribution in [3.8, 4) is 5.75 Å². The SMILES string of the molecule is CN=C(NCC1CCS(=O)(=O)C1)NC1CCN(c2cc(Cl)ccc2OC)C1. The summed E-state index contributed by atoms with van der Waals surface area (Å²) < 4.78 is 28.6. The summed E-state index contributed by atoms with van der Waals surface area (Å²) in [7, 11) is 0.540. The predicted molar refractivity (Wildman–Crippen MR) is 110 cm³/mol. The number of rotatable bonds is 5. The monoisotopic (exact) mass is 414 g/mol. The Bertz CT molecular complexity index is 800. The van der Waals surface area contributed by atoms with E-state index >= 15 is 0 Å². The molecule has 2 N–H and O–H groups in total. The number of anilines is 1. The molecule has 2 atom stereocenters. The third-order valence-electron chi connectivity index (χ3n) is 5.12. The average molecular weight is 415 g/mol. The van der Waals surface area contributed by atoms with Gasteiger partial charge in [-0.05, 0) is 37.0 Å². The highest BCUT2D eigenvalue weighted by Gasteiger charge is 2.29. The summed E-state index contributed by atoms with van der Waals surface area (Å²) in [5.74, 6) is 2.24. The second-order valence-corrected chi connectivity index (χ2v) is 9.78. The molecule has 3 rings (SSSR count). The average Bonchev–Trinajstić information content (AvgIpc) is 3.24. The Morgan fingerprint density at radius 2 is 2.22 bits per heavy atom. The van der Waals surface area contributed by atoms with Gasteiger partial charge in [0, 0.05) is 37.7 Å². The van der Waals surface area contributed by atoms with Crippen molar-refractivity contribution in [3.05, 3.63) is 23.2 Å². The van der Waals surface area contributed by atoms with Crippen molar-refractivity contribution in [1.82, 2.24) is 10.6 Å². The van der Waals surface area contributed by atoms with Crippen molar-refractivity contribution in [2.75, 3.05) is 50.2 Å². The van der Waals surface area contributed by atoms with Gasteiger partial charge >= 0.3 is 0 Å². The zero-order valence-corrected chi connectivity index (χ0v) is 17.3. The van der Waals surface area contributed by atoms with Gasteiger partial charge in [-0.3, -0.25) is 4.99 Å². The highest BCUT2D eigenvalue weighted by atomic mass is 35.5. The summed E-state index contributed by atoms with van der Waals surface area (Å²) in [6.45, 7) is 2.33. The Morgan fingerprint density at radius 3 is 2.89 bits per heavy atom. The first-order chi connectivity index (χ1) is 12.9. The molecule has 0 aromatic heterocycles. The van der Waals surface area contributed by atoms with Crippen LogP contribution in [-0.2, 0) is 9.84 Å². The van der Waals surface area contributed by atoms with E-state index < -0.39 is 9.84 Å². The van der Waals surface area contributed by atoms with Crippen LogP contribution in [0, 0.1) is 5.92 Å². The van der Waals surface area contributed by atoms with Crippen molar-refractivity contribution in [2.24, 2.45) is 10.9 Å². The van der Waals surface area contributed by atoms with Crippen LogP contribution in [-0.4, -0.2) is 65.7 Å². The van der Waals surface area contributed by atoms with Gasteiger partial charge in [0.1, 0.15) is 5.75 Å². The molecule has 2 heterocycles. The van der Waals surface area contributed by atoms with E-state index in [-0.39, 0.29) is 17.7 Å². The summed E-state index contributed by atoms with van der Waals surface area (Å²) in [4.78, 5) is 6.52. The minimum Gasteiger partial charge on any atom is -0.495 e. The van der Waals surface area contributed by atoms with E-state index in [0.29, 0.717) is 23.3 Å². The van der Waals surface area contributed by atoms with E-state index in [2.05, 4.69) is 20.5 Å². The number of ether oxygens (including phenoxy) is 1. The standard InChI is InChI=1S/C18H27ClN4O3S/c1-20-18(21-10-13-6-8-27(24,25)12-13)22-15-5-7-23(11-15)16-9-14(19)3-4-17(16)26-2/h3-4,9,13,15H,5-8,10-12H2,1-2H3,(H2,20,21,22). The van der Waals surface area contributed by atoms with Crippen LogP contribution in [0.5, 0.6) is 5.75 Å². The molecule has 2 unspecified atom stereocenters. The van der Waals surface area contributed by atoms with Crippen LogP contribution in [0.1, 0.15) is 12.8 Å². The number of sulfone groups is 1. The lowest BCUT2D eigenvalue weighted by molar-refractivity contribution is 0.415. The third-order valence-corrected chi connectivity index (χ3v) is 7.19. The Labute approximate surface area is 166 Å². The summed E-state index contributed by atoms with van der Waals surface area (Å²) in [5.41, 5.74) is 0.994. The molecule has 150 valence electrons. The molecule has 0 radical (unpaired) electrons. The number of nitrogens with one attached hydrogen (secondary N) is 2. The number of methoxy groups -OCH3 is 1. The normalized spacial score (nSPS) is 24.9. The van der Waals surface area contributed by atoms with Crippen LogP contribution < -0.4 is 20.3 Å². The molecule has 9 heteroatoms. The minimum atomic E-state index is -2.85. The topological polar surface area (TPSA) is 83.0 Å². The van der Waals surface area contributed by atoms with Gasteiger partial charge in [-0.25, -0.2) is 8.42 Å². The van der Waals surface area contributed by atoms with Crippen molar-refractivity contribution in [3.63, 3.8) is 0 Å². The smallest absolute Gasteiger partial charge is 0.191 e. The maximum absolute atomic E-state index is 11.6. The first-order valence-corrected chi connectivity index (χ1v) is 11.4. The molecule has 27 heavy (non-hydrogen) atoms. The number of halogens is 1. The lowest BCUT2D eigenvalue weighted by Crippen LogP contribution is -2.46. The number of aliphatic imine (C=N–C) groups is 1. The molecule has 0 amide bonds. The maximum atomic E-state index is 11.6. The molecular weight excluding hydrogens is 388 g/mol. The van der Waals surface area contributed by atoms with Gasteiger partial charge in [-0.1, -0.05) is 11.6 Å². The third kappa shape index (κ3) is 5.19. The van der Waals surface area contributed by atoms with E-state index in [9.17, 15) is 8.42 Å². The van der Waals surface area contributed by atoms with Crippen molar-refractivity contribution in [1.29, 1.82) is 0 Å². The number of hydrogen-bond acceptors (Lipinski definition) is 5. The van der Waals surface area contributed by atoms with Gasteiger partial charge in [0.25, 0.3) is 0 Å². The highest BCUT2D eigenvalue weighted by molar-refractivity contribution is 7.91. The van der Waals surface area contributed by atoms with Crippen LogP contribution in [0.4, 0.5) is 5.69 Å². The Balaban J connectivity index is 1.53. The van der Waals surface area contributed by atoms with Crippen LogP contribution in [0.25, 0.3) is 0 Å². The van der Waals surface area contributed by atoms with Crippen molar-refractivity contribution >= 4 is 33.1 Å². The van der Waals surface area contributed by atoms with Gasteiger partial charge in [-0.2, -0.15) is 0 Å². The highest BCUT2D eigenvalue weighted by Crippen LogP contribution is 2.33. The van der Waals surface area contributed by atoms with Gasteiger partial charge in [-0.15, -0.1) is 0 Å². The second kappa shape index (κ2) is 8.56. The van der Waals surface area contributed by atoms with E-state index in [1.807, 2.05) is 18.2 Å². The quantitative estimate of drug-likeness (QED) is 0.561. The first kappa shape index (κ1) is 20.1. The van der Waals surface area contributed by atoms with E-state index in [0.717, 1.165) is 37.4 Å². The Hall–Kier alpha value is -1.67. The molecule has 2 aliphatic heterocycles. The largest absolute Gasteiger partial charge is 0.495 e. The Kier molecular flexibility index (Phi) is 6.37. The van der Waals surface area contributed by atoms with Gasteiger partial charge < -0.3 is 20.3 Å². The lowest BCUT2D eigenvalue weighted by Gasteiger charge is -2.22. The minimum absolute atomic E-state index is 0.157. The maximum Gasteiger partial charge on any atom is 0.191 e. The molecule has 0 saturated carbocycles. The van der Waals surface area contributed by atoms with Crippen molar-refractivity contribution < 1.29 is 13.2 Å². The van der Waals surface area contributed by atoms with Gasteiger partial charge in [0.2, 0.25) is 0 Å². The molecule has 2 saturated heterocycles. The summed E-state index contributed by atoms with van der Waals surface area (Å²) in [5, 5.41) is 7.39. The predicted octanol–water partition coefficient (Wildman–Crippen LogP) is 1.53. The molecule has 0 spiro atoms. The van der Waals surface area contributed by atoms with E-state index in [1.165, 1.54) is 0 Å². The first-order valence-electron chi connectivity index (χ1n) is 9.16. The van der Waals surface area contributed by atoms with Crippen molar-refractivity contribution in [2.45, 2.75) is 18.9 Å². The van der Waals surface area contributed by atoms with Crippen LogP contribution >= 0.6 is 11.6 Å². The van der Waals surface area contributed by atoms with E-state index in [4.69, 9.17) is 16.3 Å². The van der Waals surface area contributed by atoms with Gasteiger partial charge in [0.15, 0.2) is 15.8 Å². The van der Waals surface area contributed by atoms with Gasteiger partial charge in [0.05, 0.1) is 24.3 Å². The lowest BCUT2D eigenvalue weighted by atomic mass is 10.1. The molecule has 0 bridgehead atoms. The molecule has 7 nitrogen and oxygen atoms in total. The fraction of sp³-hybridized carbons (Fsp3) is 0.611. The molecule has 2 fully saturated rings. The van der Waals surface area contributed by atoms with E-state index in [1.54, 1.807) is 14.2 Å². The Morgan fingerprint density at radius 1 is 1.41 bits per heavy atom. The number of nitrogens with zero attached hydrogens (tertiary/aromatic N) is 2. The summed E-state index contributed by atoms with van der Waals surface area (Å²) in [6.07, 6.45) is 1.69. The molecule has 1 aromatic carbocycles. The molecule has 2 aliphatic rings. The fourth-order valence-electron chi connectivity index (χ4n) is 3.67. The van der Waals surface area contributed by atoms with Crippen LogP contribution in [0.15, 0.2) is 23.2 Å². The molecule has 0 aliphatic carbocycles. The summed E-state index contributed by atoms with van der Waals surface area (Å²) in [6, 6.07) is 5.88. The summed E-state index contributed by atoms with van der Waals surface area (Å²) >= 11 is 6.15. The zero-order valence-electron chi connectivity index (χ0n) is 15.7. The number of benzene rings is 1. The zero-order chi connectivity index (χ0) is 19.4. The fourth-order valence-corrected chi connectivity index (χ4v) is 5.70. The van der Waals surface area contributed by atoms with Crippen LogP contribution in [0.3, 0.4) is 0 Å². The number of hydrogen-bond donors (Lipinski definition) is 2. The molecule has 1 aromatic rings. The second-order valence-electron chi connectivity index (χ2n) is 7.11. The van der Waals surface area contributed by atoms with Crippen LogP contribution in [0.2, 0.25) is 5.02 Å².